The van der Waals surface area contributed by atoms with Gasteiger partial charge < -0.3 is 19.8 Å². The van der Waals surface area contributed by atoms with Gasteiger partial charge in [-0.3, -0.25) is 13.8 Å². The van der Waals surface area contributed by atoms with E-state index in [1.54, 1.807) is 0 Å². The van der Waals surface area contributed by atoms with E-state index in [0.29, 0.717) is 23.9 Å². The quantitative estimate of drug-likeness (QED) is 0.0243. The van der Waals surface area contributed by atoms with Gasteiger partial charge in [-0.15, -0.1) is 0 Å². The number of aliphatic hydroxyl groups excluding tert-OH is 1. The minimum Gasteiger partial charge on any atom is -0.391 e. The van der Waals surface area contributed by atoms with E-state index < -0.39 is 20.0 Å². The summed E-state index contributed by atoms with van der Waals surface area (Å²) in [4.78, 5) is 23.0. The second-order valence-corrected chi connectivity index (χ2v) is 22.4. The molecule has 0 bridgehead atoms. The van der Waals surface area contributed by atoms with E-state index in [2.05, 4.69) is 67.8 Å². The average molecular weight is 979 g/mol. The standard InChI is InChI=1S/C59H113N2O6P/c1-6-8-10-12-13-14-15-16-17-18-19-20-21-22-23-24-25-26-27-28-29-30-31-32-33-34-35-36-37-38-39-40-41-42-43-44-45-46-47-49-51-53-59(63)60-57(58(62)52-50-48-11-9-7-2)56-67-68(64,65)66-55-54-61(3,4)5/h8,10,13-14,16-17,19-20,57-58,62H,6-7,9,11-12,15,18,21-56H2,1-5H3,(H-,60,63,64,65)/p+1/b10-8-,14-13-,17-16-,20-19-. The van der Waals surface area contributed by atoms with Gasteiger partial charge in [0.1, 0.15) is 13.2 Å². The Hall–Kier alpha value is -1.54. The van der Waals surface area contributed by atoms with Crippen LogP contribution in [0.3, 0.4) is 0 Å². The van der Waals surface area contributed by atoms with E-state index in [9.17, 15) is 19.4 Å². The predicted octanol–water partition coefficient (Wildman–Crippen LogP) is 17.5. The maximum absolute atomic E-state index is 12.8. The lowest BCUT2D eigenvalue weighted by atomic mass is 10.0. The van der Waals surface area contributed by atoms with E-state index in [1.807, 2.05) is 21.1 Å². The number of nitrogens with zero attached hydrogens (tertiary/aromatic N) is 1. The van der Waals surface area contributed by atoms with Crippen LogP contribution in [-0.4, -0.2) is 73.4 Å². The van der Waals surface area contributed by atoms with Gasteiger partial charge in [-0.1, -0.05) is 262 Å². The largest absolute Gasteiger partial charge is 0.472 e. The number of quaternary nitrogens is 1. The summed E-state index contributed by atoms with van der Waals surface area (Å²) in [5.41, 5.74) is 0. The molecule has 3 atom stereocenters. The Morgan fingerprint density at radius 1 is 0.515 bits per heavy atom. The Bertz CT molecular complexity index is 1250. The van der Waals surface area contributed by atoms with Crippen LogP contribution in [0, 0.1) is 0 Å². The first-order valence-electron chi connectivity index (χ1n) is 29.0. The van der Waals surface area contributed by atoms with Crippen LogP contribution < -0.4 is 5.32 Å². The number of unbranched alkanes of at least 4 members (excludes halogenated alkanes) is 32. The van der Waals surface area contributed by atoms with Gasteiger partial charge in [-0.25, -0.2) is 4.57 Å². The Morgan fingerprint density at radius 3 is 1.29 bits per heavy atom. The summed E-state index contributed by atoms with van der Waals surface area (Å²) in [6.07, 6.45) is 66.9. The zero-order chi connectivity index (χ0) is 49.9. The highest BCUT2D eigenvalue weighted by atomic mass is 31.2. The predicted molar refractivity (Wildman–Crippen MR) is 295 cm³/mol. The molecule has 0 radical (unpaired) electrons. The molecular weight excluding hydrogens is 864 g/mol. The number of rotatable bonds is 53. The van der Waals surface area contributed by atoms with E-state index in [-0.39, 0.29) is 19.1 Å². The van der Waals surface area contributed by atoms with E-state index in [4.69, 9.17) is 9.05 Å². The van der Waals surface area contributed by atoms with Crippen molar-refractivity contribution in [2.45, 2.75) is 283 Å². The number of amides is 1. The number of hydrogen-bond acceptors (Lipinski definition) is 5. The fourth-order valence-corrected chi connectivity index (χ4v) is 9.31. The van der Waals surface area contributed by atoms with Gasteiger partial charge in [0.05, 0.1) is 39.9 Å². The first kappa shape index (κ1) is 66.5. The number of phosphoric acid groups is 1. The molecule has 0 aliphatic heterocycles. The van der Waals surface area contributed by atoms with Crippen molar-refractivity contribution < 1.29 is 32.9 Å². The lowest BCUT2D eigenvalue weighted by Gasteiger charge is -2.26. The molecular formula is C59H114N2O6P+. The monoisotopic (exact) mass is 978 g/mol. The molecule has 0 aromatic rings. The third-order valence-corrected chi connectivity index (χ3v) is 14.1. The molecule has 0 saturated heterocycles. The van der Waals surface area contributed by atoms with Gasteiger partial charge in [0.2, 0.25) is 5.91 Å². The number of hydrogen-bond donors (Lipinski definition) is 3. The minimum atomic E-state index is -4.30. The van der Waals surface area contributed by atoms with Gasteiger partial charge in [-0.05, 0) is 51.4 Å². The second-order valence-electron chi connectivity index (χ2n) is 21.0. The van der Waals surface area contributed by atoms with Crippen LogP contribution in [0.2, 0.25) is 0 Å². The van der Waals surface area contributed by atoms with Crippen molar-refractivity contribution in [3.8, 4) is 0 Å². The molecule has 400 valence electrons. The zero-order valence-electron chi connectivity index (χ0n) is 45.6. The highest BCUT2D eigenvalue weighted by molar-refractivity contribution is 7.47. The molecule has 0 aromatic carbocycles. The van der Waals surface area contributed by atoms with E-state index in [0.717, 1.165) is 77.0 Å². The fraction of sp³-hybridized carbons (Fsp3) is 0.847. The summed E-state index contributed by atoms with van der Waals surface area (Å²) in [7, 11) is 1.62. The van der Waals surface area contributed by atoms with Crippen molar-refractivity contribution in [1.29, 1.82) is 0 Å². The summed E-state index contributed by atoms with van der Waals surface area (Å²) in [5, 5.41) is 13.8. The molecule has 0 spiro atoms. The molecule has 1 amide bonds. The lowest BCUT2D eigenvalue weighted by molar-refractivity contribution is -0.870. The van der Waals surface area contributed by atoms with Crippen LogP contribution in [0.15, 0.2) is 48.6 Å². The van der Waals surface area contributed by atoms with E-state index >= 15 is 0 Å². The summed E-state index contributed by atoms with van der Waals surface area (Å²) < 4.78 is 23.5. The highest BCUT2D eigenvalue weighted by Crippen LogP contribution is 2.43. The zero-order valence-corrected chi connectivity index (χ0v) is 46.5. The number of nitrogens with one attached hydrogen (secondary N) is 1. The smallest absolute Gasteiger partial charge is 0.391 e. The minimum absolute atomic E-state index is 0.0754. The molecule has 0 aliphatic carbocycles. The summed E-state index contributed by atoms with van der Waals surface area (Å²) in [5.74, 6) is -0.147. The maximum atomic E-state index is 12.8. The van der Waals surface area contributed by atoms with Gasteiger partial charge in [-0.2, -0.15) is 0 Å². The van der Waals surface area contributed by atoms with Crippen LogP contribution in [0.5, 0.6) is 0 Å². The first-order chi connectivity index (χ1) is 33.0. The number of carbonyl (C=O) groups excluding carboxylic acids is 1. The maximum Gasteiger partial charge on any atom is 0.472 e. The van der Waals surface area contributed by atoms with Crippen LogP contribution in [0.1, 0.15) is 271 Å². The Kier molecular flexibility index (Phi) is 49.3. The molecule has 68 heavy (non-hydrogen) atoms. The molecule has 0 heterocycles. The van der Waals surface area contributed by atoms with Gasteiger partial charge >= 0.3 is 7.82 Å². The van der Waals surface area contributed by atoms with Crippen LogP contribution in [0.4, 0.5) is 0 Å². The fourth-order valence-electron chi connectivity index (χ4n) is 8.57. The van der Waals surface area contributed by atoms with Gasteiger partial charge in [0, 0.05) is 6.42 Å². The van der Waals surface area contributed by atoms with Crippen molar-refractivity contribution >= 4 is 13.7 Å². The van der Waals surface area contributed by atoms with E-state index in [1.165, 1.54) is 167 Å². The number of allylic oxidation sites excluding steroid dienone is 8. The molecule has 0 aromatic heterocycles. The molecule has 3 N–H and O–H groups in total. The molecule has 8 nitrogen and oxygen atoms in total. The second kappa shape index (κ2) is 50.4. The van der Waals surface area contributed by atoms with Crippen LogP contribution >= 0.6 is 7.82 Å². The highest BCUT2D eigenvalue weighted by Gasteiger charge is 2.28. The Morgan fingerprint density at radius 2 is 0.882 bits per heavy atom. The van der Waals surface area contributed by atoms with Gasteiger partial charge in [0.15, 0.2) is 0 Å². The number of likely N-dealkylation sites (N-methyl/N-ethyl adjacent to an activating group) is 1. The summed E-state index contributed by atoms with van der Waals surface area (Å²) in [6.45, 7) is 4.70. The van der Waals surface area contributed by atoms with Crippen molar-refractivity contribution in [1.82, 2.24) is 5.32 Å². The molecule has 0 rings (SSSR count). The van der Waals surface area contributed by atoms with Gasteiger partial charge in [0.25, 0.3) is 0 Å². The average Bonchev–Trinajstić information content (AvgIpc) is 3.30. The first-order valence-corrected chi connectivity index (χ1v) is 30.5. The molecule has 0 fully saturated rings. The van der Waals surface area contributed by atoms with Crippen LogP contribution in [-0.2, 0) is 18.4 Å². The topological polar surface area (TPSA) is 105 Å². The van der Waals surface area contributed by atoms with Crippen molar-refractivity contribution in [2.75, 3.05) is 40.9 Å². The number of phosphoric ester groups is 1. The SMILES string of the molecule is CC/C=C\C/C=C\C/C=C\C/C=C\CCCCCCCCCCCCCCCCCCCCCCCCCCCCCCC(=O)NC(COP(=O)(O)OCC[N+](C)(C)C)C(O)CCCCCCC. The summed E-state index contributed by atoms with van der Waals surface area (Å²) >= 11 is 0. The van der Waals surface area contributed by atoms with Crippen molar-refractivity contribution in [2.24, 2.45) is 0 Å². The van der Waals surface area contributed by atoms with Crippen molar-refractivity contribution in [3.63, 3.8) is 0 Å². The summed E-state index contributed by atoms with van der Waals surface area (Å²) in [6, 6.07) is -0.754. The van der Waals surface area contributed by atoms with Crippen LogP contribution in [0.25, 0.3) is 0 Å². The normalized spacial score (nSPS) is 14.3. The number of carbonyl (C=O) groups is 1. The third-order valence-electron chi connectivity index (χ3n) is 13.1. The lowest BCUT2D eigenvalue weighted by Crippen LogP contribution is -2.46. The molecule has 9 heteroatoms. The van der Waals surface area contributed by atoms with Crippen molar-refractivity contribution in [3.05, 3.63) is 48.6 Å². The third kappa shape index (κ3) is 52.3. The molecule has 3 unspecified atom stereocenters. The number of aliphatic hydroxyl groups is 1. The Labute approximate surface area is 422 Å². The Balaban J connectivity index is 3.64. The molecule has 0 saturated carbocycles. The molecule has 0 aliphatic rings.